The molecule has 0 aliphatic carbocycles. The van der Waals surface area contributed by atoms with E-state index in [2.05, 4.69) is 11.9 Å². The maximum atomic E-state index is 11.0. The van der Waals surface area contributed by atoms with Crippen molar-refractivity contribution < 1.29 is 9.53 Å². The van der Waals surface area contributed by atoms with Gasteiger partial charge >= 0.3 is 0 Å². The van der Waals surface area contributed by atoms with E-state index in [0.29, 0.717) is 13.2 Å². The molecule has 0 aromatic heterocycles. The summed E-state index contributed by atoms with van der Waals surface area (Å²) in [6, 6.07) is 7.63. The van der Waals surface area contributed by atoms with E-state index in [0.717, 1.165) is 11.3 Å². The van der Waals surface area contributed by atoms with Gasteiger partial charge in [-0.15, -0.1) is 0 Å². The average molecular weight is 205 g/mol. The van der Waals surface area contributed by atoms with Gasteiger partial charge in [-0.25, -0.2) is 0 Å². The van der Waals surface area contributed by atoms with E-state index in [1.165, 1.54) is 6.08 Å². The fourth-order valence-corrected chi connectivity index (χ4v) is 1.20. The van der Waals surface area contributed by atoms with Crippen LogP contribution in [0.3, 0.4) is 0 Å². The molecule has 15 heavy (non-hydrogen) atoms. The summed E-state index contributed by atoms with van der Waals surface area (Å²) >= 11 is 0. The molecule has 0 heterocycles. The van der Waals surface area contributed by atoms with Gasteiger partial charge in [-0.05, 0) is 19.1 Å². The molecule has 0 aliphatic rings. The lowest BCUT2D eigenvalue weighted by molar-refractivity contribution is -0.116. The third kappa shape index (κ3) is 3.46. The van der Waals surface area contributed by atoms with Crippen molar-refractivity contribution in [1.82, 2.24) is 5.32 Å². The molecule has 0 fully saturated rings. The standard InChI is InChI=1S/C12H15NO2/c1-3-12(14)13-9-10-7-5-6-8-11(10)15-4-2/h3,5-8H,1,4,9H2,2H3,(H,13,14). The van der Waals surface area contributed by atoms with Crippen molar-refractivity contribution in [2.45, 2.75) is 13.5 Å². The average Bonchev–Trinajstić information content (AvgIpc) is 2.28. The predicted molar refractivity (Wildman–Crippen MR) is 59.7 cm³/mol. The number of amides is 1. The Morgan fingerprint density at radius 2 is 2.27 bits per heavy atom. The van der Waals surface area contributed by atoms with Crippen LogP contribution in [0, 0.1) is 0 Å². The minimum absolute atomic E-state index is 0.179. The number of hydrogen-bond donors (Lipinski definition) is 1. The second-order valence-corrected chi connectivity index (χ2v) is 2.96. The van der Waals surface area contributed by atoms with Gasteiger partial charge in [-0.2, -0.15) is 0 Å². The summed E-state index contributed by atoms with van der Waals surface area (Å²) in [6.07, 6.45) is 1.25. The topological polar surface area (TPSA) is 38.3 Å². The van der Waals surface area contributed by atoms with Gasteiger partial charge in [0.15, 0.2) is 0 Å². The molecule has 1 amide bonds. The second-order valence-electron chi connectivity index (χ2n) is 2.96. The zero-order chi connectivity index (χ0) is 11.1. The Morgan fingerprint density at radius 1 is 1.53 bits per heavy atom. The normalized spacial score (nSPS) is 9.40. The monoisotopic (exact) mass is 205 g/mol. The summed E-state index contributed by atoms with van der Waals surface area (Å²) in [5.41, 5.74) is 0.967. The van der Waals surface area contributed by atoms with Crippen molar-refractivity contribution in [3.63, 3.8) is 0 Å². The summed E-state index contributed by atoms with van der Waals surface area (Å²) < 4.78 is 5.43. The van der Waals surface area contributed by atoms with Crippen LogP contribution in [0.4, 0.5) is 0 Å². The van der Waals surface area contributed by atoms with Crippen LogP contribution in [0.5, 0.6) is 5.75 Å². The largest absolute Gasteiger partial charge is 0.494 e. The molecule has 1 aromatic rings. The van der Waals surface area contributed by atoms with E-state index in [-0.39, 0.29) is 5.91 Å². The van der Waals surface area contributed by atoms with Crippen LogP contribution in [0.2, 0.25) is 0 Å². The molecule has 0 saturated heterocycles. The van der Waals surface area contributed by atoms with Gasteiger partial charge in [-0.1, -0.05) is 24.8 Å². The van der Waals surface area contributed by atoms with Gasteiger partial charge in [0.2, 0.25) is 5.91 Å². The molecule has 0 spiro atoms. The van der Waals surface area contributed by atoms with Crippen molar-refractivity contribution in [2.24, 2.45) is 0 Å². The molecule has 80 valence electrons. The van der Waals surface area contributed by atoms with Crippen LogP contribution in [-0.4, -0.2) is 12.5 Å². The lowest BCUT2D eigenvalue weighted by Gasteiger charge is -2.09. The summed E-state index contributed by atoms with van der Waals surface area (Å²) in [5, 5.41) is 2.71. The summed E-state index contributed by atoms with van der Waals surface area (Å²) in [6.45, 7) is 6.39. The van der Waals surface area contributed by atoms with Crippen molar-refractivity contribution in [3.8, 4) is 5.75 Å². The summed E-state index contributed by atoms with van der Waals surface area (Å²) in [7, 11) is 0. The first-order valence-electron chi connectivity index (χ1n) is 4.89. The highest BCUT2D eigenvalue weighted by Crippen LogP contribution is 2.17. The first-order valence-corrected chi connectivity index (χ1v) is 4.89. The number of para-hydroxylation sites is 1. The molecule has 0 radical (unpaired) electrons. The molecule has 0 bridgehead atoms. The molecule has 1 aromatic carbocycles. The van der Waals surface area contributed by atoms with E-state index in [4.69, 9.17) is 4.74 Å². The third-order valence-corrected chi connectivity index (χ3v) is 1.91. The Labute approximate surface area is 89.8 Å². The minimum Gasteiger partial charge on any atom is -0.494 e. The van der Waals surface area contributed by atoms with Crippen LogP contribution >= 0.6 is 0 Å². The molecule has 0 aliphatic heterocycles. The van der Waals surface area contributed by atoms with E-state index in [9.17, 15) is 4.79 Å². The van der Waals surface area contributed by atoms with Gasteiger partial charge in [0.1, 0.15) is 5.75 Å². The lowest BCUT2D eigenvalue weighted by Crippen LogP contribution is -2.20. The van der Waals surface area contributed by atoms with E-state index >= 15 is 0 Å². The Morgan fingerprint density at radius 3 is 2.93 bits per heavy atom. The zero-order valence-electron chi connectivity index (χ0n) is 8.82. The Hall–Kier alpha value is -1.77. The highest BCUT2D eigenvalue weighted by Gasteiger charge is 2.02. The Balaban J connectivity index is 2.66. The van der Waals surface area contributed by atoms with Crippen LogP contribution in [-0.2, 0) is 11.3 Å². The van der Waals surface area contributed by atoms with E-state index in [1.54, 1.807) is 0 Å². The SMILES string of the molecule is C=CC(=O)NCc1ccccc1OCC. The third-order valence-electron chi connectivity index (χ3n) is 1.91. The molecule has 0 unspecified atom stereocenters. The fourth-order valence-electron chi connectivity index (χ4n) is 1.20. The molecule has 0 saturated carbocycles. The second kappa shape index (κ2) is 5.86. The maximum Gasteiger partial charge on any atom is 0.243 e. The van der Waals surface area contributed by atoms with Gasteiger partial charge in [0, 0.05) is 12.1 Å². The minimum atomic E-state index is -0.179. The molecule has 3 heteroatoms. The number of carbonyl (C=O) groups is 1. The number of nitrogens with one attached hydrogen (secondary N) is 1. The fraction of sp³-hybridized carbons (Fsp3) is 0.250. The number of carbonyl (C=O) groups excluding carboxylic acids is 1. The smallest absolute Gasteiger partial charge is 0.243 e. The Bertz CT molecular complexity index is 347. The molecule has 1 rings (SSSR count). The quantitative estimate of drug-likeness (QED) is 0.745. The Kier molecular flexibility index (Phi) is 4.41. The summed E-state index contributed by atoms with van der Waals surface area (Å²) in [5.74, 6) is 0.630. The van der Waals surface area contributed by atoms with E-state index < -0.39 is 0 Å². The van der Waals surface area contributed by atoms with Crippen LogP contribution in [0.1, 0.15) is 12.5 Å². The molecular formula is C12H15NO2. The van der Waals surface area contributed by atoms with Gasteiger partial charge < -0.3 is 10.1 Å². The van der Waals surface area contributed by atoms with Crippen molar-refractivity contribution in [2.75, 3.05) is 6.61 Å². The van der Waals surface area contributed by atoms with Crippen LogP contribution in [0.15, 0.2) is 36.9 Å². The maximum absolute atomic E-state index is 11.0. The lowest BCUT2D eigenvalue weighted by atomic mass is 10.2. The van der Waals surface area contributed by atoms with Gasteiger partial charge in [0.05, 0.1) is 6.61 Å². The van der Waals surface area contributed by atoms with Crippen LogP contribution < -0.4 is 10.1 Å². The van der Waals surface area contributed by atoms with Crippen molar-refractivity contribution >= 4 is 5.91 Å². The number of rotatable bonds is 5. The van der Waals surface area contributed by atoms with Gasteiger partial charge in [-0.3, -0.25) is 4.79 Å². The van der Waals surface area contributed by atoms with Crippen LogP contribution in [0.25, 0.3) is 0 Å². The predicted octanol–water partition coefficient (Wildman–Crippen LogP) is 1.89. The first kappa shape index (κ1) is 11.3. The number of hydrogen-bond acceptors (Lipinski definition) is 2. The first-order chi connectivity index (χ1) is 7.27. The number of benzene rings is 1. The molecule has 1 N–H and O–H groups in total. The van der Waals surface area contributed by atoms with Gasteiger partial charge in [0.25, 0.3) is 0 Å². The number of ether oxygens (including phenoxy) is 1. The van der Waals surface area contributed by atoms with Crippen molar-refractivity contribution in [1.29, 1.82) is 0 Å². The molecule has 3 nitrogen and oxygen atoms in total. The molecule has 0 atom stereocenters. The van der Waals surface area contributed by atoms with E-state index in [1.807, 2.05) is 31.2 Å². The highest BCUT2D eigenvalue weighted by molar-refractivity contribution is 5.86. The molecular weight excluding hydrogens is 190 g/mol. The zero-order valence-corrected chi connectivity index (χ0v) is 8.82. The highest BCUT2D eigenvalue weighted by atomic mass is 16.5. The van der Waals surface area contributed by atoms with Crippen molar-refractivity contribution in [3.05, 3.63) is 42.5 Å². The summed E-state index contributed by atoms with van der Waals surface area (Å²) in [4.78, 5) is 11.0.